The molecule has 0 aliphatic rings. The van der Waals surface area contributed by atoms with E-state index in [1.807, 2.05) is 0 Å². The third-order valence-electron chi connectivity index (χ3n) is 3.81. The number of nitrogens with zero attached hydrogens (tertiary/aromatic N) is 4. The van der Waals surface area contributed by atoms with Crippen molar-refractivity contribution < 1.29 is 27.8 Å². The van der Waals surface area contributed by atoms with Gasteiger partial charge in [-0.15, -0.1) is 0 Å². The highest BCUT2D eigenvalue weighted by Crippen LogP contribution is 2.25. The molecule has 0 atom stereocenters. The van der Waals surface area contributed by atoms with Crippen LogP contribution in [-0.2, 0) is 9.47 Å². The third-order valence-corrected chi connectivity index (χ3v) is 3.81. The highest BCUT2D eigenvalue weighted by Gasteiger charge is 2.19. The second-order valence-corrected chi connectivity index (χ2v) is 7.36. The summed E-state index contributed by atoms with van der Waals surface area (Å²) in [6, 6.07) is 3.49. The van der Waals surface area contributed by atoms with Crippen LogP contribution in [0.25, 0.3) is 11.3 Å². The van der Waals surface area contributed by atoms with Gasteiger partial charge >= 0.3 is 12.1 Å². The van der Waals surface area contributed by atoms with Crippen LogP contribution in [0, 0.1) is 11.6 Å². The molecule has 1 aromatic carbocycles. The number of aromatic nitrogens is 4. The number of halogens is 2. The Labute approximate surface area is 176 Å². The Hall–Kier alpha value is -3.89. The van der Waals surface area contributed by atoms with Crippen LogP contribution in [-0.4, -0.2) is 44.5 Å². The molecule has 1 N–H and O–H groups in total. The SMILES string of the molecule is COC(=O)c1ccc(-c2nc(Nc3cnn(C(=O)OC(C)(C)C)c3)ncc2F)cc1F. The lowest BCUT2D eigenvalue weighted by molar-refractivity contribution is 0.0513. The van der Waals surface area contributed by atoms with Gasteiger partial charge in [0.15, 0.2) is 5.82 Å². The zero-order chi connectivity index (χ0) is 22.8. The van der Waals surface area contributed by atoms with Crippen LogP contribution in [0.3, 0.4) is 0 Å². The predicted molar refractivity (Wildman–Crippen MR) is 106 cm³/mol. The number of carbonyl (C=O) groups is 2. The highest BCUT2D eigenvalue weighted by molar-refractivity contribution is 5.90. The largest absolute Gasteiger partial charge is 0.465 e. The molecule has 0 fully saturated rings. The van der Waals surface area contributed by atoms with Crippen molar-refractivity contribution in [2.24, 2.45) is 0 Å². The Balaban J connectivity index is 1.83. The summed E-state index contributed by atoms with van der Waals surface area (Å²) in [7, 11) is 1.13. The molecule has 3 aromatic rings. The van der Waals surface area contributed by atoms with Crippen LogP contribution in [0.4, 0.5) is 25.2 Å². The van der Waals surface area contributed by atoms with E-state index < -0.39 is 29.3 Å². The first-order valence-electron chi connectivity index (χ1n) is 9.03. The van der Waals surface area contributed by atoms with Crippen molar-refractivity contribution in [2.45, 2.75) is 26.4 Å². The van der Waals surface area contributed by atoms with E-state index in [9.17, 15) is 18.4 Å². The molecule has 0 bridgehead atoms. The summed E-state index contributed by atoms with van der Waals surface area (Å²) in [5, 5.41) is 6.68. The van der Waals surface area contributed by atoms with Crippen LogP contribution in [0.5, 0.6) is 0 Å². The number of rotatable bonds is 4. The molecule has 0 spiro atoms. The minimum atomic E-state index is -0.879. The van der Waals surface area contributed by atoms with E-state index >= 15 is 0 Å². The normalized spacial score (nSPS) is 11.2. The second kappa shape index (κ2) is 8.46. The second-order valence-electron chi connectivity index (χ2n) is 7.36. The number of ether oxygens (including phenoxy) is 2. The number of methoxy groups -OCH3 is 1. The van der Waals surface area contributed by atoms with E-state index in [-0.39, 0.29) is 22.8 Å². The van der Waals surface area contributed by atoms with Crippen molar-refractivity contribution in [3.05, 3.63) is 54.0 Å². The van der Waals surface area contributed by atoms with Gasteiger partial charge in [0, 0.05) is 5.56 Å². The molecule has 0 saturated carbocycles. The number of carbonyl (C=O) groups excluding carboxylic acids is 2. The Bertz CT molecular complexity index is 1140. The number of nitrogens with one attached hydrogen (secondary N) is 1. The van der Waals surface area contributed by atoms with Gasteiger partial charge in [0.05, 0.1) is 37.0 Å². The molecule has 0 radical (unpaired) electrons. The van der Waals surface area contributed by atoms with Gasteiger partial charge in [0.25, 0.3) is 0 Å². The molecule has 0 aliphatic heterocycles. The van der Waals surface area contributed by atoms with Gasteiger partial charge < -0.3 is 14.8 Å². The minimum Gasteiger partial charge on any atom is -0.465 e. The number of esters is 1. The molecule has 0 aliphatic carbocycles. The van der Waals surface area contributed by atoms with E-state index in [1.165, 1.54) is 24.5 Å². The summed E-state index contributed by atoms with van der Waals surface area (Å²) in [6.07, 6.45) is 2.92. The summed E-state index contributed by atoms with van der Waals surface area (Å²) in [5.41, 5.74) is -0.723. The predicted octanol–water partition coefficient (Wildman–Crippen LogP) is 3.93. The van der Waals surface area contributed by atoms with Crippen LogP contribution < -0.4 is 5.32 Å². The van der Waals surface area contributed by atoms with Gasteiger partial charge in [-0.3, -0.25) is 0 Å². The van der Waals surface area contributed by atoms with Crippen LogP contribution in [0.2, 0.25) is 0 Å². The van der Waals surface area contributed by atoms with Gasteiger partial charge in [-0.25, -0.2) is 28.3 Å². The van der Waals surface area contributed by atoms with Crippen molar-refractivity contribution in [1.29, 1.82) is 0 Å². The minimum absolute atomic E-state index is 0.0161. The summed E-state index contributed by atoms with van der Waals surface area (Å²) in [6.45, 7) is 5.17. The van der Waals surface area contributed by atoms with Crippen molar-refractivity contribution >= 4 is 23.7 Å². The Kier molecular flexibility index (Phi) is 5.95. The molecule has 3 rings (SSSR count). The topological polar surface area (TPSA) is 108 Å². The van der Waals surface area contributed by atoms with Gasteiger partial charge in [-0.05, 0) is 32.9 Å². The van der Waals surface area contributed by atoms with Gasteiger partial charge in [0.2, 0.25) is 5.95 Å². The smallest absolute Gasteiger partial charge is 0.435 e. The lowest BCUT2D eigenvalue weighted by atomic mass is 10.1. The van der Waals surface area contributed by atoms with Crippen LogP contribution in [0.1, 0.15) is 31.1 Å². The maximum Gasteiger partial charge on any atom is 0.435 e. The lowest BCUT2D eigenvalue weighted by Crippen LogP contribution is -2.27. The molecule has 2 heterocycles. The standard InChI is InChI=1S/C20H19F2N5O4/c1-20(2,3)31-19(29)27-10-12(8-24-27)25-18-23-9-15(22)16(26-18)11-5-6-13(14(21)7-11)17(28)30-4/h5-10H,1-4H3,(H,23,25,26). The average Bonchev–Trinajstić information content (AvgIpc) is 3.16. The first-order chi connectivity index (χ1) is 14.6. The maximum atomic E-state index is 14.3. The molecule has 0 unspecified atom stereocenters. The van der Waals surface area contributed by atoms with Crippen molar-refractivity contribution in [2.75, 3.05) is 12.4 Å². The van der Waals surface area contributed by atoms with Crippen molar-refractivity contribution in [3.63, 3.8) is 0 Å². The molecule has 0 amide bonds. The molecular formula is C20H19F2N5O4. The zero-order valence-corrected chi connectivity index (χ0v) is 17.1. The fourth-order valence-corrected chi connectivity index (χ4v) is 2.49. The molecule has 162 valence electrons. The number of benzene rings is 1. The van der Waals surface area contributed by atoms with E-state index in [4.69, 9.17) is 4.74 Å². The molecule has 11 heteroatoms. The van der Waals surface area contributed by atoms with Gasteiger partial charge in [0.1, 0.15) is 17.1 Å². The summed E-state index contributed by atoms with van der Waals surface area (Å²) >= 11 is 0. The first kappa shape index (κ1) is 21.8. The van der Waals surface area contributed by atoms with E-state index in [1.54, 1.807) is 20.8 Å². The molecule has 2 aromatic heterocycles. The number of hydrogen-bond acceptors (Lipinski definition) is 8. The number of hydrogen-bond donors (Lipinski definition) is 1. The monoisotopic (exact) mass is 431 g/mol. The average molecular weight is 431 g/mol. The van der Waals surface area contributed by atoms with Gasteiger partial charge in [-0.1, -0.05) is 6.07 Å². The lowest BCUT2D eigenvalue weighted by Gasteiger charge is -2.18. The maximum absolute atomic E-state index is 14.3. The quantitative estimate of drug-likeness (QED) is 0.619. The summed E-state index contributed by atoms with van der Waals surface area (Å²) in [4.78, 5) is 31.5. The fraction of sp³-hybridized carbons (Fsp3) is 0.250. The molecule has 9 nitrogen and oxygen atoms in total. The Morgan fingerprint density at radius 1 is 1.13 bits per heavy atom. The van der Waals surface area contributed by atoms with E-state index in [0.29, 0.717) is 5.69 Å². The van der Waals surface area contributed by atoms with Gasteiger partial charge in [-0.2, -0.15) is 9.78 Å². The fourth-order valence-electron chi connectivity index (χ4n) is 2.49. The van der Waals surface area contributed by atoms with Crippen molar-refractivity contribution in [3.8, 4) is 11.3 Å². The zero-order valence-electron chi connectivity index (χ0n) is 17.1. The Morgan fingerprint density at radius 2 is 1.87 bits per heavy atom. The molecule has 0 saturated heterocycles. The summed E-state index contributed by atoms with van der Waals surface area (Å²) < 4.78 is 39.2. The first-order valence-corrected chi connectivity index (χ1v) is 9.03. The van der Waals surface area contributed by atoms with Crippen LogP contribution in [0.15, 0.2) is 36.8 Å². The van der Waals surface area contributed by atoms with Crippen molar-refractivity contribution in [1.82, 2.24) is 19.7 Å². The highest BCUT2D eigenvalue weighted by atomic mass is 19.1. The summed E-state index contributed by atoms with van der Waals surface area (Å²) in [5.74, 6) is -2.54. The third kappa shape index (κ3) is 5.18. The van der Waals surface area contributed by atoms with Crippen LogP contribution >= 0.6 is 0 Å². The molecule has 31 heavy (non-hydrogen) atoms. The van der Waals surface area contributed by atoms with E-state index in [0.717, 1.165) is 24.1 Å². The Morgan fingerprint density at radius 3 is 2.52 bits per heavy atom. The molecular weight excluding hydrogens is 412 g/mol. The van der Waals surface area contributed by atoms with E-state index in [2.05, 4.69) is 25.1 Å². The number of anilines is 2.